The molecule has 6 fully saturated rings. The molecule has 0 radical (unpaired) electrons. The van der Waals surface area contributed by atoms with Gasteiger partial charge in [-0.2, -0.15) is 4.98 Å². The lowest BCUT2D eigenvalue weighted by molar-refractivity contribution is -0.137. The first kappa shape index (κ1) is 45.2. The van der Waals surface area contributed by atoms with Crippen molar-refractivity contribution in [1.29, 1.82) is 0 Å². The van der Waals surface area contributed by atoms with Crippen LogP contribution in [0.4, 0.5) is 0 Å². The Morgan fingerprint density at radius 1 is 0.855 bits per heavy atom. The fourth-order valence-corrected chi connectivity index (χ4v) is 15.0. The van der Waals surface area contributed by atoms with Crippen LogP contribution in [0.2, 0.25) is 5.02 Å². The number of carbonyl (C=O) groups is 4. The molecule has 7 aliphatic heterocycles. The molecule has 3 amide bonds. The Hall–Kier alpha value is -4.95. The fraction of sp³-hybridized carbons (Fsp3) is 0.564. The van der Waals surface area contributed by atoms with Gasteiger partial charge in [0.25, 0.3) is 11.5 Å². The topological polar surface area (TPSA) is 137 Å². The zero-order valence-electron chi connectivity index (χ0n) is 39.9. The number of aldehydes is 1. The number of likely N-dealkylation sites (tertiary alicyclic amines) is 3. The van der Waals surface area contributed by atoms with Crippen LogP contribution in [-0.2, 0) is 31.8 Å². The Kier molecular flexibility index (Phi) is 11.4. The first-order chi connectivity index (χ1) is 33.5. The second kappa shape index (κ2) is 17.4. The third kappa shape index (κ3) is 7.50. The maximum Gasteiger partial charge on any atom is 0.282 e. The SMILES string of the molecule is CN1CC2(CCC(N3CCC(c4ccc5c(c4)-n4c(nc(=O)c6c(Cl)cccc64)C54CCCCC4)CC3)CC2)C1.O=CCN1CCC2(CC1)COc1c2ccc2c1CN(C1CCC(=O)NC1=O)C2=O. The number of rotatable bonds is 5. The summed E-state index contributed by atoms with van der Waals surface area (Å²) in [4.78, 5) is 74.5. The standard InChI is InChI=1S/C34H41ClN4O.C21H23N3O5/c1-37-21-33(22-37)16-10-25(11-17-33)38-18-12-23(13-19-38)24-8-9-26-29(20-24)39-28-7-5-6-27(35)30(28)31(40)36-32(39)34(26)14-3-2-4-15-34;25-10-9-23-7-5-21(6-8-23)12-29-18-14-11-24(16-3-4-17(26)22-19(16)27)20(28)13(14)1-2-15(18)21/h5-9,20,23,25H,2-4,10-19,21-22H2,1H3;1-2,10,16H,3-9,11-12H2,(H,22,26,27). The first-order valence-corrected chi connectivity index (χ1v) is 26.3. The van der Waals surface area contributed by atoms with Crippen LogP contribution in [0.15, 0.2) is 53.3 Å². The number of halogens is 1. The number of hydrogen-bond acceptors (Lipinski definition) is 10. The van der Waals surface area contributed by atoms with Crippen molar-refractivity contribution in [3.63, 3.8) is 0 Å². The number of piperidine rings is 3. The Morgan fingerprint density at radius 3 is 2.33 bits per heavy atom. The Bertz CT molecular complexity index is 2810. The van der Waals surface area contributed by atoms with E-state index in [9.17, 15) is 24.0 Å². The van der Waals surface area contributed by atoms with Crippen molar-refractivity contribution >= 4 is 46.5 Å². The molecule has 0 bridgehead atoms. The molecule has 14 heteroatoms. The van der Waals surface area contributed by atoms with Crippen LogP contribution in [0.5, 0.6) is 5.75 Å². The van der Waals surface area contributed by atoms with Gasteiger partial charge in [0, 0.05) is 47.7 Å². The van der Waals surface area contributed by atoms with Crippen molar-refractivity contribution < 1.29 is 23.9 Å². The van der Waals surface area contributed by atoms with E-state index in [1.54, 1.807) is 4.90 Å². The van der Waals surface area contributed by atoms with Gasteiger partial charge < -0.3 is 24.2 Å². The molecule has 4 aromatic rings. The molecule has 8 heterocycles. The summed E-state index contributed by atoms with van der Waals surface area (Å²) in [6.45, 7) is 8.13. The number of hydrogen-bond donors (Lipinski definition) is 1. The summed E-state index contributed by atoms with van der Waals surface area (Å²) in [5.74, 6) is 1.45. The van der Waals surface area contributed by atoms with E-state index in [1.807, 2.05) is 24.3 Å². The van der Waals surface area contributed by atoms with Crippen LogP contribution < -0.4 is 15.6 Å². The molecule has 2 aliphatic carbocycles. The average molecular weight is 955 g/mol. The number of nitrogens with zero attached hydrogens (tertiary/aromatic N) is 6. The van der Waals surface area contributed by atoms with E-state index in [0.29, 0.717) is 53.4 Å². The van der Waals surface area contributed by atoms with Gasteiger partial charge in [-0.1, -0.05) is 55.1 Å². The summed E-state index contributed by atoms with van der Waals surface area (Å²) in [6.07, 6.45) is 17.2. The van der Waals surface area contributed by atoms with Gasteiger partial charge in [-0.15, -0.1) is 0 Å². The lowest BCUT2D eigenvalue weighted by Crippen LogP contribution is -2.57. The van der Waals surface area contributed by atoms with Crippen LogP contribution in [-0.4, -0.2) is 125 Å². The van der Waals surface area contributed by atoms with Gasteiger partial charge in [-0.25, -0.2) is 0 Å². The van der Waals surface area contributed by atoms with Gasteiger partial charge in [-0.3, -0.25) is 34.0 Å². The number of imide groups is 1. The largest absolute Gasteiger partial charge is 0.492 e. The molecule has 1 atom stereocenters. The Labute approximate surface area is 408 Å². The molecule has 3 aromatic carbocycles. The quantitative estimate of drug-likeness (QED) is 0.164. The lowest BCUT2D eigenvalue weighted by atomic mass is 9.67. The summed E-state index contributed by atoms with van der Waals surface area (Å²) in [7, 11) is 2.27. The molecule has 13 nitrogen and oxygen atoms in total. The van der Waals surface area contributed by atoms with Gasteiger partial charge in [0.05, 0.1) is 46.7 Å². The summed E-state index contributed by atoms with van der Waals surface area (Å²) in [5.41, 5.74) is 7.77. The van der Waals surface area contributed by atoms with Gasteiger partial charge in [0.1, 0.15) is 23.9 Å². The summed E-state index contributed by atoms with van der Waals surface area (Å²) in [5, 5.41) is 3.38. The highest BCUT2D eigenvalue weighted by molar-refractivity contribution is 6.35. The molecular formula is C55H64ClN7O6. The predicted molar refractivity (Wildman–Crippen MR) is 263 cm³/mol. The molecule has 1 aromatic heterocycles. The van der Waals surface area contributed by atoms with Crippen molar-refractivity contribution in [3.8, 4) is 11.4 Å². The minimum absolute atomic E-state index is 0.0746. The second-order valence-electron chi connectivity index (χ2n) is 22.2. The molecule has 4 saturated heterocycles. The maximum absolute atomic E-state index is 13.3. The maximum atomic E-state index is 13.3. The third-order valence-electron chi connectivity index (χ3n) is 18.4. The minimum atomic E-state index is -0.620. The second-order valence-corrected chi connectivity index (χ2v) is 22.7. The van der Waals surface area contributed by atoms with Crippen molar-refractivity contribution in [3.05, 3.63) is 97.5 Å². The van der Waals surface area contributed by atoms with Crippen molar-refractivity contribution in [1.82, 2.24) is 34.5 Å². The molecule has 1 N–H and O–H groups in total. The lowest BCUT2D eigenvalue weighted by Gasteiger charge is -2.54. The number of nitrogens with one attached hydrogen (secondary N) is 1. The third-order valence-corrected chi connectivity index (χ3v) is 18.7. The summed E-state index contributed by atoms with van der Waals surface area (Å²) in [6, 6.07) is 17.1. The molecule has 69 heavy (non-hydrogen) atoms. The molecule has 1 unspecified atom stereocenters. The molecule has 362 valence electrons. The van der Waals surface area contributed by atoms with Crippen molar-refractivity contribution in [2.45, 2.75) is 132 Å². The van der Waals surface area contributed by atoms with Gasteiger partial charge in [0.2, 0.25) is 11.8 Å². The van der Waals surface area contributed by atoms with Crippen LogP contribution in [0.25, 0.3) is 16.6 Å². The Morgan fingerprint density at radius 2 is 1.61 bits per heavy atom. The molecule has 3 spiro atoms. The van der Waals surface area contributed by atoms with E-state index < -0.39 is 11.9 Å². The van der Waals surface area contributed by atoms with Crippen LogP contribution in [0.3, 0.4) is 0 Å². The number of amides is 3. The highest BCUT2D eigenvalue weighted by Gasteiger charge is 2.50. The summed E-state index contributed by atoms with van der Waals surface area (Å²) < 4.78 is 8.44. The van der Waals surface area contributed by atoms with E-state index in [2.05, 4.69) is 55.9 Å². The number of ether oxygens (including phenoxy) is 1. The highest BCUT2D eigenvalue weighted by atomic mass is 35.5. The van der Waals surface area contributed by atoms with E-state index in [-0.39, 0.29) is 34.6 Å². The van der Waals surface area contributed by atoms with Crippen LogP contribution in [0, 0.1) is 5.41 Å². The van der Waals surface area contributed by atoms with Gasteiger partial charge >= 0.3 is 0 Å². The molecule has 9 aliphatic rings. The van der Waals surface area contributed by atoms with E-state index in [0.717, 1.165) is 79.3 Å². The average Bonchev–Trinajstić information content (AvgIpc) is 3.97. The van der Waals surface area contributed by atoms with E-state index >= 15 is 0 Å². The summed E-state index contributed by atoms with van der Waals surface area (Å²) >= 11 is 6.57. The molecule has 13 rings (SSSR count). The smallest absolute Gasteiger partial charge is 0.282 e. The zero-order valence-corrected chi connectivity index (χ0v) is 40.7. The monoisotopic (exact) mass is 953 g/mol. The van der Waals surface area contributed by atoms with Crippen molar-refractivity contribution in [2.24, 2.45) is 5.41 Å². The van der Waals surface area contributed by atoms with Crippen molar-refractivity contribution in [2.75, 3.05) is 59.5 Å². The molecular weight excluding hydrogens is 890 g/mol. The molecule has 2 saturated carbocycles. The van der Waals surface area contributed by atoms with Gasteiger partial charge in [0.15, 0.2) is 0 Å². The van der Waals surface area contributed by atoms with Crippen LogP contribution in [0.1, 0.15) is 141 Å². The highest BCUT2D eigenvalue weighted by Crippen LogP contribution is 2.53. The fourth-order valence-electron chi connectivity index (χ4n) is 14.7. The predicted octanol–water partition coefficient (Wildman–Crippen LogP) is 7.03. The zero-order chi connectivity index (χ0) is 47.2. The van der Waals surface area contributed by atoms with E-state index in [1.165, 1.54) is 101 Å². The first-order valence-electron chi connectivity index (χ1n) is 25.9. The number of aromatic nitrogens is 2. The normalized spacial score (nSPS) is 25.2. The Balaban J connectivity index is 0.000000151. The number of benzene rings is 3. The van der Waals surface area contributed by atoms with Crippen LogP contribution >= 0.6 is 11.6 Å². The number of fused-ring (bicyclic) bond motifs is 11. The minimum Gasteiger partial charge on any atom is -0.492 e. The van der Waals surface area contributed by atoms with E-state index in [4.69, 9.17) is 21.3 Å². The van der Waals surface area contributed by atoms with Gasteiger partial charge in [-0.05, 0) is 151 Å². The number of carbonyl (C=O) groups excluding carboxylic acids is 4.